The average Bonchev–Trinajstić information content (AvgIpc) is 2.77. The second-order valence-electron chi connectivity index (χ2n) is 4.61. The van der Waals surface area contributed by atoms with Crippen LogP contribution in [0.25, 0.3) is 0 Å². The highest BCUT2D eigenvalue weighted by Gasteiger charge is 2.10. The van der Waals surface area contributed by atoms with Gasteiger partial charge in [0, 0.05) is 16.0 Å². The molecule has 5 nitrogen and oxygen atoms in total. The van der Waals surface area contributed by atoms with Crippen molar-refractivity contribution in [2.75, 3.05) is 7.11 Å². The number of hydrogen-bond donors (Lipinski definition) is 1. The third-order valence-electron chi connectivity index (χ3n) is 2.75. The Kier molecular flexibility index (Phi) is 5.34. The fourth-order valence-electron chi connectivity index (χ4n) is 1.80. The van der Waals surface area contributed by atoms with E-state index in [2.05, 4.69) is 47.2 Å². The molecular formula is C13H14Br2N4OS. The molecule has 0 bridgehead atoms. The smallest absolute Gasteiger partial charge is 0.216 e. The number of nitrogens with zero attached hydrogens (tertiary/aromatic N) is 3. The van der Waals surface area contributed by atoms with Crippen LogP contribution in [-0.2, 0) is 0 Å². The first-order chi connectivity index (χ1) is 9.93. The summed E-state index contributed by atoms with van der Waals surface area (Å²) in [5, 5.41) is 11.4. The summed E-state index contributed by atoms with van der Waals surface area (Å²) in [5.74, 6) is 1.71. The van der Waals surface area contributed by atoms with Crippen LogP contribution in [0, 0.1) is 4.77 Å². The Labute approximate surface area is 144 Å². The minimum absolute atomic E-state index is 0.214. The minimum atomic E-state index is 0.214. The highest BCUT2D eigenvalue weighted by atomic mass is 79.9. The van der Waals surface area contributed by atoms with Gasteiger partial charge in [0.2, 0.25) is 4.77 Å². The van der Waals surface area contributed by atoms with E-state index in [1.165, 1.54) is 0 Å². The number of aromatic amines is 1. The van der Waals surface area contributed by atoms with E-state index in [0.29, 0.717) is 10.5 Å². The summed E-state index contributed by atoms with van der Waals surface area (Å²) >= 11 is 12.1. The maximum atomic E-state index is 5.39. The molecule has 8 heteroatoms. The summed E-state index contributed by atoms with van der Waals surface area (Å²) < 4.78 is 9.25. The van der Waals surface area contributed by atoms with E-state index in [1.54, 1.807) is 18.0 Å². The van der Waals surface area contributed by atoms with Crippen molar-refractivity contribution in [1.29, 1.82) is 0 Å². The van der Waals surface area contributed by atoms with Gasteiger partial charge in [-0.15, -0.1) is 0 Å². The lowest BCUT2D eigenvalue weighted by molar-refractivity contribution is 0.411. The topological polar surface area (TPSA) is 55.2 Å². The van der Waals surface area contributed by atoms with Gasteiger partial charge in [-0.1, -0.05) is 29.8 Å². The molecule has 0 atom stereocenters. The number of nitrogens with one attached hydrogen (secondary N) is 1. The second-order valence-corrected chi connectivity index (χ2v) is 6.76. The summed E-state index contributed by atoms with van der Waals surface area (Å²) in [5.41, 5.74) is 0.830. The van der Waals surface area contributed by atoms with Crippen LogP contribution in [0.15, 0.2) is 26.2 Å². The van der Waals surface area contributed by atoms with Crippen molar-refractivity contribution in [2.45, 2.75) is 19.8 Å². The zero-order valence-electron chi connectivity index (χ0n) is 11.7. The largest absolute Gasteiger partial charge is 0.495 e. The number of H-pyrrole nitrogens is 1. The van der Waals surface area contributed by atoms with Crippen LogP contribution in [0.4, 0.5) is 0 Å². The average molecular weight is 434 g/mol. The number of halogens is 2. The summed E-state index contributed by atoms with van der Waals surface area (Å²) in [7, 11) is 1.62. The summed E-state index contributed by atoms with van der Waals surface area (Å²) in [6, 6.07) is 3.84. The van der Waals surface area contributed by atoms with E-state index in [-0.39, 0.29) is 5.92 Å². The van der Waals surface area contributed by atoms with E-state index in [9.17, 15) is 0 Å². The zero-order valence-corrected chi connectivity index (χ0v) is 15.7. The molecule has 0 radical (unpaired) electrons. The van der Waals surface area contributed by atoms with Crippen LogP contribution in [0.2, 0.25) is 0 Å². The molecule has 0 unspecified atom stereocenters. The second kappa shape index (κ2) is 6.85. The van der Waals surface area contributed by atoms with E-state index in [1.807, 2.05) is 26.0 Å². The maximum Gasteiger partial charge on any atom is 0.216 e. The highest BCUT2D eigenvalue weighted by molar-refractivity contribution is 9.11. The first-order valence-electron chi connectivity index (χ1n) is 6.18. The molecule has 0 saturated heterocycles. The van der Waals surface area contributed by atoms with E-state index < -0.39 is 0 Å². The molecule has 21 heavy (non-hydrogen) atoms. The number of benzene rings is 1. The van der Waals surface area contributed by atoms with Crippen LogP contribution in [0.3, 0.4) is 0 Å². The predicted molar refractivity (Wildman–Crippen MR) is 92.9 cm³/mol. The van der Waals surface area contributed by atoms with Crippen LogP contribution in [-0.4, -0.2) is 28.2 Å². The lowest BCUT2D eigenvalue weighted by Gasteiger charge is -2.08. The maximum absolute atomic E-state index is 5.39. The molecule has 1 aromatic carbocycles. The van der Waals surface area contributed by atoms with Gasteiger partial charge in [-0.3, -0.25) is 5.10 Å². The fraction of sp³-hybridized carbons (Fsp3) is 0.308. The van der Waals surface area contributed by atoms with Crippen molar-refractivity contribution in [3.63, 3.8) is 0 Å². The van der Waals surface area contributed by atoms with Crippen molar-refractivity contribution in [3.05, 3.63) is 37.2 Å². The van der Waals surface area contributed by atoms with Gasteiger partial charge in [0.05, 0.1) is 17.8 Å². The quantitative estimate of drug-likeness (QED) is 0.571. The summed E-state index contributed by atoms with van der Waals surface area (Å²) in [6.45, 7) is 4.07. The number of aromatic nitrogens is 3. The molecule has 0 fully saturated rings. The van der Waals surface area contributed by atoms with Crippen molar-refractivity contribution >= 4 is 50.3 Å². The van der Waals surface area contributed by atoms with Gasteiger partial charge in [-0.05, 0) is 40.3 Å². The number of hydrogen-bond acceptors (Lipinski definition) is 4. The van der Waals surface area contributed by atoms with Gasteiger partial charge in [0.25, 0.3) is 0 Å². The fourth-order valence-corrected chi connectivity index (χ4v) is 3.41. The Bertz CT molecular complexity index is 736. The Morgan fingerprint density at radius 2 is 2.14 bits per heavy atom. The zero-order chi connectivity index (χ0) is 15.6. The predicted octanol–water partition coefficient (Wildman–Crippen LogP) is 4.48. The SMILES string of the molecule is COc1c(Br)cc(Br)cc1/C=N\n1c(C(C)C)n[nH]c1=S. The molecular weight excluding hydrogens is 420 g/mol. The van der Waals surface area contributed by atoms with Crippen molar-refractivity contribution in [3.8, 4) is 5.75 Å². The van der Waals surface area contributed by atoms with Gasteiger partial charge in [0.1, 0.15) is 5.75 Å². The number of methoxy groups -OCH3 is 1. The number of ether oxygens (including phenoxy) is 1. The van der Waals surface area contributed by atoms with Crippen LogP contribution < -0.4 is 4.74 Å². The molecule has 2 aromatic rings. The Morgan fingerprint density at radius 1 is 1.43 bits per heavy atom. The summed E-state index contributed by atoms with van der Waals surface area (Å²) in [6.07, 6.45) is 1.70. The molecule has 0 amide bonds. The third kappa shape index (κ3) is 3.61. The van der Waals surface area contributed by atoms with Gasteiger partial charge >= 0.3 is 0 Å². The first-order valence-corrected chi connectivity index (χ1v) is 8.18. The molecule has 1 N–H and O–H groups in total. The van der Waals surface area contributed by atoms with Crippen molar-refractivity contribution in [1.82, 2.24) is 14.9 Å². The van der Waals surface area contributed by atoms with Gasteiger partial charge in [-0.2, -0.15) is 14.9 Å². The minimum Gasteiger partial charge on any atom is -0.495 e. The molecule has 0 saturated carbocycles. The van der Waals surface area contributed by atoms with Gasteiger partial charge in [-0.25, -0.2) is 0 Å². The molecule has 1 heterocycles. The van der Waals surface area contributed by atoms with Crippen molar-refractivity contribution < 1.29 is 4.74 Å². The summed E-state index contributed by atoms with van der Waals surface area (Å²) in [4.78, 5) is 0. The monoisotopic (exact) mass is 432 g/mol. The number of rotatable bonds is 4. The molecule has 2 rings (SSSR count). The van der Waals surface area contributed by atoms with Gasteiger partial charge < -0.3 is 4.74 Å². The molecule has 112 valence electrons. The molecule has 0 aliphatic heterocycles. The first kappa shape index (κ1) is 16.4. The van der Waals surface area contributed by atoms with Gasteiger partial charge in [0.15, 0.2) is 5.82 Å². The molecule has 0 aliphatic carbocycles. The Hall–Kier alpha value is -0.990. The van der Waals surface area contributed by atoms with Crippen LogP contribution in [0.1, 0.15) is 31.2 Å². The van der Waals surface area contributed by atoms with Crippen molar-refractivity contribution in [2.24, 2.45) is 5.10 Å². The van der Waals surface area contributed by atoms with E-state index >= 15 is 0 Å². The van der Waals surface area contributed by atoms with Crippen LogP contribution >= 0.6 is 44.1 Å². The standard InChI is InChI=1S/C13H14Br2N4OS/c1-7(2)12-17-18-13(21)19(12)16-6-8-4-9(14)5-10(15)11(8)20-3/h4-7H,1-3H3,(H,18,21)/b16-6-. The Morgan fingerprint density at radius 3 is 2.76 bits per heavy atom. The lowest BCUT2D eigenvalue weighted by Crippen LogP contribution is -2.01. The third-order valence-corrected chi connectivity index (χ3v) is 4.06. The normalized spacial score (nSPS) is 11.5. The molecule has 1 aromatic heterocycles. The van der Waals surface area contributed by atoms with Crippen LogP contribution in [0.5, 0.6) is 5.75 Å². The van der Waals surface area contributed by atoms with E-state index in [0.717, 1.165) is 20.3 Å². The Balaban J connectivity index is 2.48. The molecule has 0 aliphatic rings. The van der Waals surface area contributed by atoms with E-state index in [4.69, 9.17) is 17.0 Å². The lowest BCUT2D eigenvalue weighted by atomic mass is 10.2. The highest BCUT2D eigenvalue weighted by Crippen LogP contribution is 2.31. The molecule has 0 spiro atoms.